The van der Waals surface area contributed by atoms with Crippen LogP contribution in [0, 0.1) is 5.92 Å². The molecule has 1 amide bonds. The van der Waals surface area contributed by atoms with E-state index < -0.39 is 10.0 Å². The molecular formula is C21H29N5O4S2. The van der Waals surface area contributed by atoms with Crippen LogP contribution in [0.2, 0.25) is 0 Å². The van der Waals surface area contributed by atoms with Gasteiger partial charge >= 0.3 is 0 Å². The molecule has 3 heterocycles. The highest BCUT2D eigenvalue weighted by atomic mass is 32.2. The lowest BCUT2D eigenvalue weighted by molar-refractivity contribution is -0.130. The minimum absolute atomic E-state index is 0.128. The Morgan fingerprint density at radius 2 is 1.88 bits per heavy atom. The highest BCUT2D eigenvalue weighted by molar-refractivity contribution is 7.99. The average molecular weight is 480 g/mol. The molecule has 0 spiro atoms. The molecule has 0 bridgehead atoms. The first-order chi connectivity index (χ1) is 15.4. The molecular weight excluding hydrogens is 450 g/mol. The molecule has 174 valence electrons. The van der Waals surface area contributed by atoms with Gasteiger partial charge in [-0.1, -0.05) is 18.7 Å². The van der Waals surface area contributed by atoms with Crippen LogP contribution in [-0.2, 0) is 26.6 Å². The number of aromatic nitrogens is 3. The van der Waals surface area contributed by atoms with E-state index in [0.717, 1.165) is 25.1 Å². The number of hydrogen-bond acceptors (Lipinski definition) is 7. The van der Waals surface area contributed by atoms with E-state index in [0.29, 0.717) is 49.0 Å². The van der Waals surface area contributed by atoms with Gasteiger partial charge in [-0.15, -0.1) is 10.2 Å². The molecule has 0 aliphatic carbocycles. The number of rotatable bonds is 6. The summed E-state index contributed by atoms with van der Waals surface area (Å²) in [6.45, 7) is 5.38. The van der Waals surface area contributed by atoms with Crippen LogP contribution >= 0.6 is 11.8 Å². The number of piperidine rings is 1. The molecule has 0 unspecified atom stereocenters. The van der Waals surface area contributed by atoms with E-state index in [1.54, 1.807) is 24.3 Å². The molecule has 2 aromatic rings. The number of ether oxygens (including phenoxy) is 1. The van der Waals surface area contributed by atoms with Crippen molar-refractivity contribution >= 4 is 27.7 Å². The molecule has 2 aliphatic rings. The molecule has 32 heavy (non-hydrogen) atoms. The molecule has 1 aromatic heterocycles. The smallest absolute Gasteiger partial charge is 0.243 e. The summed E-state index contributed by atoms with van der Waals surface area (Å²) < 4.78 is 34.1. The molecule has 2 fully saturated rings. The van der Waals surface area contributed by atoms with Crippen molar-refractivity contribution in [3.05, 3.63) is 24.3 Å². The first kappa shape index (κ1) is 23.2. The molecule has 0 N–H and O–H groups in total. The monoisotopic (exact) mass is 479 g/mol. The van der Waals surface area contributed by atoms with Gasteiger partial charge < -0.3 is 14.2 Å². The summed E-state index contributed by atoms with van der Waals surface area (Å²) in [6.07, 6.45) is 2.24. The van der Waals surface area contributed by atoms with Crippen molar-refractivity contribution in [1.29, 1.82) is 0 Å². The zero-order valence-corrected chi connectivity index (χ0v) is 20.1. The number of sulfonamides is 1. The first-order valence-electron chi connectivity index (χ1n) is 10.8. The Morgan fingerprint density at radius 3 is 2.56 bits per heavy atom. The third-order valence-corrected chi connectivity index (χ3v) is 8.81. The number of thioether (sulfide) groups is 1. The number of likely N-dealkylation sites (tertiary alicyclic amines) is 1. The maximum atomic E-state index is 12.8. The number of hydrogen-bond donors (Lipinski definition) is 0. The van der Waals surface area contributed by atoms with Crippen LogP contribution in [0.3, 0.4) is 0 Å². The van der Waals surface area contributed by atoms with Crippen molar-refractivity contribution < 1.29 is 17.9 Å². The second-order valence-electron chi connectivity index (χ2n) is 8.28. The van der Waals surface area contributed by atoms with Crippen LogP contribution in [0.1, 0.15) is 19.8 Å². The Balaban J connectivity index is 1.42. The molecule has 1 aromatic carbocycles. The molecule has 1 atom stereocenters. The first-order valence-corrected chi connectivity index (χ1v) is 13.3. The van der Waals surface area contributed by atoms with E-state index >= 15 is 0 Å². The summed E-state index contributed by atoms with van der Waals surface area (Å²) in [5, 5.41) is 9.15. The summed E-state index contributed by atoms with van der Waals surface area (Å²) in [6, 6.07) is 6.68. The maximum absolute atomic E-state index is 12.8. The lowest BCUT2D eigenvalue weighted by atomic mass is 10.0. The molecule has 9 nitrogen and oxygen atoms in total. The molecule has 11 heteroatoms. The summed E-state index contributed by atoms with van der Waals surface area (Å²) in [5.74, 6) is 1.63. The van der Waals surface area contributed by atoms with Crippen LogP contribution in [-0.4, -0.2) is 83.4 Å². The van der Waals surface area contributed by atoms with Crippen molar-refractivity contribution in [2.24, 2.45) is 13.0 Å². The van der Waals surface area contributed by atoms with Crippen molar-refractivity contribution in [2.45, 2.75) is 29.8 Å². The van der Waals surface area contributed by atoms with Crippen LogP contribution in [0.4, 0.5) is 0 Å². The number of morpholine rings is 1. The minimum Gasteiger partial charge on any atom is -0.379 e. The topological polar surface area (TPSA) is 97.6 Å². The van der Waals surface area contributed by atoms with E-state index in [9.17, 15) is 13.2 Å². The van der Waals surface area contributed by atoms with Gasteiger partial charge in [0.25, 0.3) is 0 Å². The van der Waals surface area contributed by atoms with Gasteiger partial charge in [-0.25, -0.2) is 8.42 Å². The van der Waals surface area contributed by atoms with Crippen molar-refractivity contribution in [3.8, 4) is 11.4 Å². The van der Waals surface area contributed by atoms with Crippen molar-refractivity contribution in [1.82, 2.24) is 24.0 Å². The van der Waals surface area contributed by atoms with Gasteiger partial charge in [0, 0.05) is 38.8 Å². The van der Waals surface area contributed by atoms with Gasteiger partial charge in [0.1, 0.15) is 0 Å². The van der Waals surface area contributed by atoms with E-state index in [1.165, 1.54) is 22.5 Å². The van der Waals surface area contributed by atoms with Crippen molar-refractivity contribution in [2.75, 3.05) is 45.1 Å². The Morgan fingerprint density at radius 1 is 1.16 bits per heavy atom. The number of carbonyl (C=O) groups is 1. The second-order valence-corrected chi connectivity index (χ2v) is 11.2. The van der Waals surface area contributed by atoms with E-state index in [1.807, 2.05) is 16.5 Å². The third kappa shape index (κ3) is 5.00. The predicted octanol–water partition coefficient (Wildman–Crippen LogP) is 1.85. The third-order valence-electron chi connectivity index (χ3n) is 5.89. The van der Waals surface area contributed by atoms with E-state index in [2.05, 4.69) is 17.1 Å². The van der Waals surface area contributed by atoms with E-state index in [-0.39, 0.29) is 10.8 Å². The van der Waals surface area contributed by atoms with Crippen molar-refractivity contribution in [3.63, 3.8) is 0 Å². The van der Waals surface area contributed by atoms with Gasteiger partial charge in [-0.2, -0.15) is 4.31 Å². The fourth-order valence-electron chi connectivity index (χ4n) is 4.04. The lowest BCUT2D eigenvalue weighted by Crippen LogP contribution is -2.40. The van der Waals surface area contributed by atoms with Crippen LogP contribution in [0.5, 0.6) is 0 Å². The summed E-state index contributed by atoms with van der Waals surface area (Å²) in [4.78, 5) is 14.7. The lowest BCUT2D eigenvalue weighted by Gasteiger charge is -2.30. The largest absolute Gasteiger partial charge is 0.379 e. The zero-order valence-electron chi connectivity index (χ0n) is 18.4. The summed E-state index contributed by atoms with van der Waals surface area (Å²) in [7, 11) is -1.68. The van der Waals surface area contributed by atoms with Gasteiger partial charge in [-0.3, -0.25) is 4.79 Å². The van der Waals surface area contributed by atoms with Crippen LogP contribution in [0.15, 0.2) is 34.3 Å². The van der Waals surface area contributed by atoms with Gasteiger partial charge in [0.05, 0.1) is 23.9 Å². The van der Waals surface area contributed by atoms with Crippen LogP contribution < -0.4 is 0 Å². The zero-order chi connectivity index (χ0) is 22.7. The quantitative estimate of drug-likeness (QED) is 0.583. The Labute approximate surface area is 193 Å². The van der Waals surface area contributed by atoms with Gasteiger partial charge in [0.2, 0.25) is 15.9 Å². The standard InChI is InChI=1S/C21H29N5O4S2/c1-16-4-3-9-25(14-16)19(27)15-31-21-23-22-20(24(21)2)17-5-7-18(8-6-17)32(28,29)26-10-12-30-13-11-26/h5-8,16H,3-4,9-15H2,1-2H3/t16-/m0/s1. The molecule has 0 radical (unpaired) electrons. The van der Waals surface area contributed by atoms with Gasteiger partial charge in [0.15, 0.2) is 11.0 Å². The minimum atomic E-state index is -3.53. The Hall–Kier alpha value is -1.95. The summed E-state index contributed by atoms with van der Waals surface area (Å²) in [5.41, 5.74) is 0.768. The summed E-state index contributed by atoms with van der Waals surface area (Å²) >= 11 is 1.38. The number of benzene rings is 1. The number of amides is 1. The molecule has 0 saturated carbocycles. The molecule has 4 rings (SSSR count). The average Bonchev–Trinajstić information content (AvgIpc) is 3.18. The van der Waals surface area contributed by atoms with E-state index in [4.69, 9.17) is 4.74 Å². The molecule has 2 aliphatic heterocycles. The second kappa shape index (κ2) is 9.90. The number of carbonyl (C=O) groups excluding carboxylic acids is 1. The highest BCUT2D eigenvalue weighted by Gasteiger charge is 2.26. The Kier molecular flexibility index (Phi) is 7.18. The SMILES string of the molecule is C[C@H]1CCCN(C(=O)CSc2nnc(-c3ccc(S(=O)(=O)N4CCOCC4)cc3)n2C)C1. The van der Waals surface area contributed by atoms with Crippen LogP contribution in [0.25, 0.3) is 11.4 Å². The fourth-order valence-corrected chi connectivity index (χ4v) is 6.26. The molecule has 2 saturated heterocycles. The predicted molar refractivity (Wildman–Crippen MR) is 122 cm³/mol. The maximum Gasteiger partial charge on any atom is 0.243 e. The Bertz CT molecular complexity index is 1050. The fraction of sp³-hybridized carbons (Fsp3) is 0.571. The highest BCUT2D eigenvalue weighted by Crippen LogP contribution is 2.26. The normalized spacial score (nSPS) is 20.4. The number of nitrogens with zero attached hydrogens (tertiary/aromatic N) is 5. The van der Waals surface area contributed by atoms with Gasteiger partial charge in [-0.05, 0) is 43.0 Å².